The van der Waals surface area contributed by atoms with Crippen molar-refractivity contribution < 1.29 is 8.78 Å². The summed E-state index contributed by atoms with van der Waals surface area (Å²) < 4.78 is 26.5. The first-order valence-corrected chi connectivity index (χ1v) is 8.74. The molecule has 0 saturated carbocycles. The summed E-state index contributed by atoms with van der Waals surface area (Å²) >= 11 is 0. The SMILES string of the molecule is CCc1ccc([S+](c2ccc(F)cc2)c2ccc(F)cc2)cc1. The van der Waals surface area contributed by atoms with Crippen LogP contribution in [0.15, 0.2) is 87.5 Å². The first kappa shape index (κ1) is 15.8. The standard InChI is InChI=1S/C20H17F2S/c1-2-15-3-9-18(10-4-15)23(19-11-5-16(21)6-12-19)20-13-7-17(22)8-14-20/h3-14H,2H2,1H3/q+1. The Kier molecular flexibility index (Phi) is 4.77. The Balaban J connectivity index is 2.08. The van der Waals surface area contributed by atoms with Crippen molar-refractivity contribution in [3.63, 3.8) is 0 Å². The predicted molar refractivity (Wildman–Crippen MR) is 90.8 cm³/mol. The zero-order valence-electron chi connectivity index (χ0n) is 12.8. The summed E-state index contributed by atoms with van der Waals surface area (Å²) in [6.45, 7) is 2.12. The lowest BCUT2D eigenvalue weighted by Crippen LogP contribution is -2.05. The second-order valence-corrected chi connectivity index (χ2v) is 7.24. The van der Waals surface area contributed by atoms with E-state index >= 15 is 0 Å². The Morgan fingerprint density at radius 3 is 1.30 bits per heavy atom. The molecule has 0 heterocycles. The highest BCUT2D eigenvalue weighted by Gasteiger charge is 2.28. The molecule has 0 nitrogen and oxygen atoms in total. The van der Waals surface area contributed by atoms with E-state index in [1.54, 1.807) is 24.3 Å². The number of benzene rings is 3. The zero-order chi connectivity index (χ0) is 16.2. The van der Waals surface area contributed by atoms with Crippen LogP contribution < -0.4 is 0 Å². The average molecular weight is 327 g/mol. The van der Waals surface area contributed by atoms with Gasteiger partial charge in [-0.15, -0.1) is 0 Å². The maximum Gasteiger partial charge on any atom is 0.166 e. The fourth-order valence-electron chi connectivity index (χ4n) is 2.41. The zero-order valence-corrected chi connectivity index (χ0v) is 13.6. The van der Waals surface area contributed by atoms with Gasteiger partial charge in [-0.2, -0.15) is 0 Å². The Morgan fingerprint density at radius 1 is 0.609 bits per heavy atom. The molecule has 0 fully saturated rings. The van der Waals surface area contributed by atoms with Crippen molar-refractivity contribution in [3.05, 3.63) is 90.0 Å². The lowest BCUT2D eigenvalue weighted by Gasteiger charge is -2.08. The molecule has 0 N–H and O–H groups in total. The third-order valence-electron chi connectivity index (χ3n) is 3.67. The van der Waals surface area contributed by atoms with Crippen LogP contribution in [0.1, 0.15) is 12.5 Å². The summed E-state index contributed by atoms with van der Waals surface area (Å²) in [5.74, 6) is -0.504. The van der Waals surface area contributed by atoms with Crippen LogP contribution in [0.5, 0.6) is 0 Å². The van der Waals surface area contributed by atoms with Gasteiger partial charge in [0.2, 0.25) is 0 Å². The fourth-order valence-corrected chi connectivity index (χ4v) is 4.45. The van der Waals surface area contributed by atoms with Crippen molar-refractivity contribution in [3.8, 4) is 0 Å². The number of halogens is 2. The quantitative estimate of drug-likeness (QED) is 0.545. The van der Waals surface area contributed by atoms with Crippen LogP contribution in [0.25, 0.3) is 0 Å². The molecule has 116 valence electrons. The Labute approximate surface area is 138 Å². The summed E-state index contributed by atoms with van der Waals surface area (Å²) in [4.78, 5) is 3.17. The van der Waals surface area contributed by atoms with Gasteiger partial charge < -0.3 is 0 Å². The van der Waals surface area contributed by atoms with Crippen molar-refractivity contribution >= 4 is 10.9 Å². The molecule has 0 saturated heterocycles. The summed E-state index contributed by atoms with van der Waals surface area (Å²) in [6, 6.07) is 21.5. The molecule has 3 heteroatoms. The molecule has 0 bridgehead atoms. The van der Waals surface area contributed by atoms with E-state index in [-0.39, 0.29) is 22.5 Å². The van der Waals surface area contributed by atoms with E-state index in [0.717, 1.165) is 21.1 Å². The maximum atomic E-state index is 13.3. The van der Waals surface area contributed by atoms with E-state index in [0.29, 0.717) is 0 Å². The number of rotatable bonds is 4. The van der Waals surface area contributed by atoms with Crippen LogP contribution in [-0.2, 0) is 17.3 Å². The minimum absolute atomic E-state index is 0.252. The van der Waals surface area contributed by atoms with Crippen molar-refractivity contribution in [1.82, 2.24) is 0 Å². The molecular formula is C20H17F2S+. The first-order chi connectivity index (χ1) is 11.2. The van der Waals surface area contributed by atoms with Gasteiger partial charge in [0.05, 0.1) is 10.9 Å². The summed E-state index contributed by atoms with van der Waals surface area (Å²) in [6.07, 6.45) is 0.987. The van der Waals surface area contributed by atoms with Crippen molar-refractivity contribution in [2.75, 3.05) is 0 Å². The van der Waals surface area contributed by atoms with Gasteiger partial charge in [-0.1, -0.05) is 19.1 Å². The summed E-state index contributed by atoms with van der Waals surface area (Å²) in [5, 5.41) is 0. The van der Waals surface area contributed by atoms with Gasteiger partial charge in [0.25, 0.3) is 0 Å². The normalized spacial score (nSPS) is 11.0. The molecular weight excluding hydrogens is 310 g/mol. The van der Waals surface area contributed by atoms with Gasteiger partial charge in [-0.05, 0) is 72.6 Å². The number of hydrogen-bond acceptors (Lipinski definition) is 0. The average Bonchev–Trinajstić information content (AvgIpc) is 2.59. The van der Waals surface area contributed by atoms with Crippen LogP contribution in [0.3, 0.4) is 0 Å². The van der Waals surface area contributed by atoms with E-state index in [2.05, 4.69) is 31.2 Å². The predicted octanol–water partition coefficient (Wildman–Crippen LogP) is 5.62. The van der Waals surface area contributed by atoms with Crippen LogP contribution >= 0.6 is 0 Å². The highest BCUT2D eigenvalue weighted by Crippen LogP contribution is 2.31. The van der Waals surface area contributed by atoms with E-state index in [9.17, 15) is 8.78 Å². The van der Waals surface area contributed by atoms with Gasteiger partial charge in [-0.3, -0.25) is 0 Å². The summed E-state index contributed by atoms with van der Waals surface area (Å²) in [7, 11) is -0.375. The molecule has 0 unspecified atom stereocenters. The van der Waals surface area contributed by atoms with Gasteiger partial charge in [0.1, 0.15) is 11.6 Å². The molecule has 0 aliphatic carbocycles. The molecule has 0 spiro atoms. The molecule has 0 amide bonds. The third-order valence-corrected chi connectivity index (χ3v) is 5.90. The molecule has 23 heavy (non-hydrogen) atoms. The first-order valence-electron chi connectivity index (χ1n) is 7.52. The fraction of sp³-hybridized carbons (Fsp3) is 0.100. The highest BCUT2D eigenvalue weighted by atomic mass is 32.2. The third kappa shape index (κ3) is 3.62. The van der Waals surface area contributed by atoms with Crippen LogP contribution in [0, 0.1) is 11.6 Å². The Hall–Kier alpha value is -2.13. The molecule has 3 aromatic rings. The molecule has 0 radical (unpaired) electrons. The van der Waals surface area contributed by atoms with Crippen molar-refractivity contribution in [2.45, 2.75) is 28.0 Å². The lowest BCUT2D eigenvalue weighted by atomic mass is 10.2. The molecule has 3 rings (SSSR count). The van der Waals surface area contributed by atoms with E-state index in [1.807, 2.05) is 0 Å². The van der Waals surface area contributed by atoms with E-state index in [1.165, 1.54) is 29.8 Å². The van der Waals surface area contributed by atoms with Gasteiger partial charge in [-0.25, -0.2) is 8.78 Å². The molecule has 0 atom stereocenters. The summed E-state index contributed by atoms with van der Waals surface area (Å²) in [5.41, 5.74) is 1.27. The smallest absolute Gasteiger partial charge is 0.166 e. The largest absolute Gasteiger partial charge is 0.207 e. The minimum Gasteiger partial charge on any atom is -0.207 e. The Morgan fingerprint density at radius 2 is 0.957 bits per heavy atom. The molecule has 0 aromatic heterocycles. The van der Waals surface area contributed by atoms with Crippen molar-refractivity contribution in [2.24, 2.45) is 0 Å². The van der Waals surface area contributed by atoms with Gasteiger partial charge in [0.15, 0.2) is 14.7 Å². The second kappa shape index (κ2) is 6.97. The van der Waals surface area contributed by atoms with E-state index in [4.69, 9.17) is 0 Å². The van der Waals surface area contributed by atoms with Crippen LogP contribution in [-0.4, -0.2) is 0 Å². The minimum atomic E-state index is -0.375. The maximum absolute atomic E-state index is 13.3. The van der Waals surface area contributed by atoms with E-state index < -0.39 is 0 Å². The highest BCUT2D eigenvalue weighted by molar-refractivity contribution is 7.97. The Bertz CT molecular complexity index is 717. The second-order valence-electron chi connectivity index (χ2n) is 5.21. The number of hydrogen-bond donors (Lipinski definition) is 0. The van der Waals surface area contributed by atoms with Gasteiger partial charge >= 0.3 is 0 Å². The molecule has 0 aliphatic rings. The molecule has 3 aromatic carbocycles. The van der Waals surface area contributed by atoms with Crippen LogP contribution in [0.4, 0.5) is 8.78 Å². The number of aryl methyl sites for hydroxylation is 1. The lowest BCUT2D eigenvalue weighted by molar-refractivity contribution is 0.626. The molecule has 0 aliphatic heterocycles. The van der Waals surface area contributed by atoms with Gasteiger partial charge in [0, 0.05) is 0 Å². The van der Waals surface area contributed by atoms with Crippen LogP contribution in [0.2, 0.25) is 0 Å². The van der Waals surface area contributed by atoms with Crippen molar-refractivity contribution in [1.29, 1.82) is 0 Å². The topological polar surface area (TPSA) is 0 Å². The monoisotopic (exact) mass is 327 g/mol.